The van der Waals surface area contributed by atoms with Gasteiger partial charge in [-0.15, -0.1) is 0 Å². The highest BCUT2D eigenvalue weighted by molar-refractivity contribution is 6.46. The highest BCUT2D eigenvalue weighted by atomic mass is 16.1. The Hall–Kier alpha value is -4.49. The predicted octanol–water partition coefficient (Wildman–Crippen LogP) is 6.74. The first-order valence-electron chi connectivity index (χ1n) is 12.4. The Morgan fingerprint density at radius 1 is 0.444 bits per heavy atom. The zero-order valence-electron chi connectivity index (χ0n) is 20.3. The van der Waals surface area contributed by atoms with E-state index in [1.807, 2.05) is 12.1 Å². The second-order valence-corrected chi connectivity index (χ2v) is 9.71. The molecule has 0 heterocycles. The Morgan fingerprint density at radius 2 is 0.972 bits per heavy atom. The summed E-state index contributed by atoms with van der Waals surface area (Å²) in [5.41, 5.74) is 5.92. The number of carbonyl (C=O) groups is 1. The zero-order chi connectivity index (χ0) is 24.4. The van der Waals surface area contributed by atoms with E-state index >= 15 is 0 Å². The van der Waals surface area contributed by atoms with Gasteiger partial charge in [-0.1, -0.05) is 109 Å². The van der Waals surface area contributed by atoms with Gasteiger partial charge < -0.3 is 0 Å². The molecular formula is C35H24O. The van der Waals surface area contributed by atoms with Crippen LogP contribution in [0.25, 0.3) is 43.5 Å². The van der Waals surface area contributed by atoms with Crippen molar-refractivity contribution in [3.8, 4) is 0 Å². The maximum atomic E-state index is 14.7. The van der Waals surface area contributed by atoms with Crippen molar-refractivity contribution in [3.63, 3.8) is 0 Å². The third kappa shape index (κ3) is 2.80. The molecule has 0 bridgehead atoms. The van der Waals surface area contributed by atoms with Crippen molar-refractivity contribution in [2.75, 3.05) is 0 Å². The van der Waals surface area contributed by atoms with Gasteiger partial charge in [0.2, 0.25) is 0 Å². The van der Waals surface area contributed by atoms with E-state index in [0.29, 0.717) is 0 Å². The number of Topliss-reactive ketones (excluding diaryl/α,β-unsaturated/α-hetero) is 1. The van der Waals surface area contributed by atoms with E-state index in [9.17, 15) is 4.79 Å². The molecule has 1 aliphatic rings. The van der Waals surface area contributed by atoms with Gasteiger partial charge in [-0.2, -0.15) is 0 Å². The number of benzene rings is 6. The smallest absolute Gasteiger partial charge is 0.195 e. The Bertz CT molecular complexity index is 2020. The third-order valence-electron chi connectivity index (χ3n) is 7.69. The largest absolute Gasteiger partial charge is 0.289 e. The highest BCUT2D eigenvalue weighted by Crippen LogP contribution is 2.35. The fourth-order valence-electron chi connectivity index (χ4n) is 6.07. The van der Waals surface area contributed by atoms with Crippen LogP contribution in [0.15, 0.2) is 109 Å². The molecule has 0 spiro atoms. The van der Waals surface area contributed by atoms with Crippen LogP contribution in [0.5, 0.6) is 0 Å². The minimum absolute atomic E-state index is 0.111. The van der Waals surface area contributed by atoms with Crippen molar-refractivity contribution in [2.45, 2.75) is 13.8 Å². The van der Waals surface area contributed by atoms with Crippen molar-refractivity contribution >= 4 is 49.2 Å². The average molecular weight is 461 g/mol. The molecule has 0 radical (unpaired) electrons. The number of fused-ring (bicyclic) bond motifs is 7. The molecule has 0 aliphatic heterocycles. The summed E-state index contributed by atoms with van der Waals surface area (Å²) in [6.45, 7) is 4.22. The summed E-state index contributed by atoms with van der Waals surface area (Å²) < 4.78 is 0. The molecule has 6 aromatic rings. The lowest BCUT2D eigenvalue weighted by molar-refractivity contribution is -0.108. The molecule has 1 aliphatic carbocycles. The lowest BCUT2D eigenvalue weighted by Crippen LogP contribution is -2.27. The average Bonchev–Trinajstić information content (AvgIpc) is 3.21. The molecule has 6 aromatic carbocycles. The quantitative estimate of drug-likeness (QED) is 0.261. The molecule has 0 saturated carbocycles. The molecule has 0 amide bonds. The molecule has 0 aromatic heterocycles. The number of aryl methyl sites for hydroxylation is 2. The maximum Gasteiger partial charge on any atom is 0.195 e. The minimum Gasteiger partial charge on any atom is -0.289 e. The normalized spacial score (nSPS) is 13.2. The van der Waals surface area contributed by atoms with Crippen molar-refractivity contribution in [1.29, 1.82) is 0 Å². The fraction of sp³-hybridized carbons (Fsp3) is 0.0571. The van der Waals surface area contributed by atoms with Crippen molar-refractivity contribution in [1.82, 2.24) is 0 Å². The van der Waals surface area contributed by atoms with E-state index in [2.05, 4.69) is 111 Å². The molecular weight excluding hydrogens is 436 g/mol. The third-order valence-corrected chi connectivity index (χ3v) is 7.69. The molecule has 0 N–H and O–H groups in total. The van der Waals surface area contributed by atoms with Crippen LogP contribution in [0.3, 0.4) is 0 Å². The summed E-state index contributed by atoms with van der Waals surface area (Å²) in [5, 5.41) is 9.02. The highest BCUT2D eigenvalue weighted by Gasteiger charge is 2.31. The standard InChI is InChI=1S/C35H24O/c1-21-11-3-5-13-24(21)33-31-28-17-9-7-15-26(28)27-16-8-10-18-29(27)32(31)34(35(33)36)30-22(2)19-20-23-12-4-6-14-25(23)30/h3-20H,1-2H3. The van der Waals surface area contributed by atoms with Crippen molar-refractivity contribution < 1.29 is 4.79 Å². The van der Waals surface area contributed by atoms with Gasteiger partial charge >= 0.3 is 0 Å². The molecule has 0 atom stereocenters. The lowest BCUT2D eigenvalue weighted by Gasteiger charge is -2.13. The van der Waals surface area contributed by atoms with E-state index in [1.165, 1.54) is 10.8 Å². The van der Waals surface area contributed by atoms with Crippen LogP contribution in [-0.2, 0) is 4.79 Å². The number of hydrogen-bond donors (Lipinski definition) is 0. The summed E-state index contributed by atoms with van der Waals surface area (Å²) in [6.07, 6.45) is 0. The predicted molar refractivity (Wildman–Crippen MR) is 151 cm³/mol. The van der Waals surface area contributed by atoms with Crippen molar-refractivity contribution in [2.24, 2.45) is 0 Å². The second kappa shape index (κ2) is 7.76. The van der Waals surface area contributed by atoms with Gasteiger partial charge in [0.1, 0.15) is 0 Å². The summed E-state index contributed by atoms with van der Waals surface area (Å²) in [5.74, 6) is 0.111. The Balaban J connectivity index is 1.83. The SMILES string of the molecule is Cc1ccccc1C1=c2c(c3ccccc3c3ccccc23)=C(c2c(C)ccc3ccccc23)C1=O. The Labute approximate surface area is 209 Å². The number of rotatable bonds is 2. The minimum atomic E-state index is 0.111. The Kier molecular flexibility index (Phi) is 4.49. The fourth-order valence-corrected chi connectivity index (χ4v) is 6.07. The summed E-state index contributed by atoms with van der Waals surface area (Å²) in [7, 11) is 0. The van der Waals surface area contributed by atoms with Crippen LogP contribution >= 0.6 is 0 Å². The molecule has 0 fully saturated rings. The van der Waals surface area contributed by atoms with Gasteiger partial charge in [-0.25, -0.2) is 0 Å². The monoisotopic (exact) mass is 460 g/mol. The van der Waals surface area contributed by atoms with Gasteiger partial charge in [0.25, 0.3) is 0 Å². The molecule has 1 nitrogen and oxygen atoms in total. The van der Waals surface area contributed by atoms with E-state index in [4.69, 9.17) is 0 Å². The van der Waals surface area contributed by atoms with Crippen LogP contribution in [0.1, 0.15) is 22.3 Å². The Morgan fingerprint density at radius 3 is 1.64 bits per heavy atom. The van der Waals surface area contributed by atoms with Crippen LogP contribution < -0.4 is 10.4 Å². The summed E-state index contributed by atoms with van der Waals surface area (Å²) in [6, 6.07) is 38.0. The van der Waals surface area contributed by atoms with E-state index < -0.39 is 0 Å². The first-order valence-corrected chi connectivity index (χ1v) is 12.4. The van der Waals surface area contributed by atoms with Gasteiger partial charge in [0.15, 0.2) is 5.78 Å². The molecule has 7 rings (SSSR count). The van der Waals surface area contributed by atoms with Gasteiger partial charge in [0.05, 0.1) is 0 Å². The lowest BCUT2D eigenvalue weighted by atomic mass is 9.88. The van der Waals surface area contributed by atoms with Crippen LogP contribution in [0.4, 0.5) is 0 Å². The second-order valence-electron chi connectivity index (χ2n) is 9.71. The summed E-state index contributed by atoms with van der Waals surface area (Å²) >= 11 is 0. The molecule has 0 unspecified atom stereocenters. The van der Waals surface area contributed by atoms with Gasteiger partial charge in [-0.3, -0.25) is 4.79 Å². The number of hydrogen-bond acceptors (Lipinski definition) is 1. The molecule has 0 saturated heterocycles. The van der Waals surface area contributed by atoms with Crippen molar-refractivity contribution in [3.05, 3.63) is 142 Å². The summed E-state index contributed by atoms with van der Waals surface area (Å²) in [4.78, 5) is 14.7. The molecule has 170 valence electrons. The molecule has 36 heavy (non-hydrogen) atoms. The van der Waals surface area contributed by atoms with E-state index in [-0.39, 0.29) is 5.78 Å². The van der Waals surface area contributed by atoms with Gasteiger partial charge in [-0.05, 0) is 68.4 Å². The molecule has 1 heteroatoms. The number of carbonyl (C=O) groups excluding carboxylic acids is 1. The van der Waals surface area contributed by atoms with E-state index in [0.717, 1.165) is 65.4 Å². The number of ketones is 1. The maximum absolute atomic E-state index is 14.7. The van der Waals surface area contributed by atoms with Gasteiger partial charge in [0, 0.05) is 21.6 Å². The first-order chi connectivity index (χ1) is 17.6. The van der Waals surface area contributed by atoms with Crippen LogP contribution in [0, 0.1) is 13.8 Å². The van der Waals surface area contributed by atoms with Crippen LogP contribution in [0.2, 0.25) is 0 Å². The van der Waals surface area contributed by atoms with Crippen LogP contribution in [-0.4, -0.2) is 5.78 Å². The first kappa shape index (κ1) is 20.8. The van der Waals surface area contributed by atoms with E-state index in [1.54, 1.807) is 0 Å². The topological polar surface area (TPSA) is 17.1 Å². The zero-order valence-corrected chi connectivity index (χ0v) is 20.3.